The van der Waals surface area contributed by atoms with Crippen molar-refractivity contribution in [1.82, 2.24) is 15.0 Å². The molecule has 5 N–H and O–H groups in total. The van der Waals surface area contributed by atoms with Gasteiger partial charge in [0.25, 0.3) is 0 Å². The number of ether oxygens (including phenoxy) is 3. The fourth-order valence-corrected chi connectivity index (χ4v) is 5.08. The number of rotatable bonds is 8. The quantitative estimate of drug-likeness (QED) is 0.217. The number of nitrogens with zero attached hydrogens (tertiary/aromatic N) is 2. The van der Waals surface area contributed by atoms with E-state index in [0.29, 0.717) is 60.6 Å². The summed E-state index contributed by atoms with van der Waals surface area (Å²) in [5.41, 5.74) is 15.5. The van der Waals surface area contributed by atoms with E-state index in [1.54, 1.807) is 24.4 Å². The van der Waals surface area contributed by atoms with Crippen molar-refractivity contribution < 1.29 is 18.6 Å². The Hall–Kier alpha value is -4.63. The van der Waals surface area contributed by atoms with Crippen molar-refractivity contribution in [2.45, 2.75) is 25.4 Å². The molecule has 1 saturated heterocycles. The summed E-state index contributed by atoms with van der Waals surface area (Å²) in [4.78, 5) is 12.9. The number of halogens is 1. The molecule has 1 unspecified atom stereocenters. The average molecular weight is 540 g/mol. The molecular weight excluding hydrogens is 509 g/mol. The number of anilines is 2. The van der Waals surface area contributed by atoms with E-state index in [9.17, 15) is 0 Å². The first kappa shape index (κ1) is 25.6. The van der Waals surface area contributed by atoms with E-state index in [1.807, 2.05) is 55.5 Å². The maximum absolute atomic E-state index is 16.4. The lowest BCUT2D eigenvalue weighted by Gasteiger charge is -2.21. The minimum atomic E-state index is -0.756. The highest BCUT2D eigenvalue weighted by Crippen LogP contribution is 2.40. The molecule has 2 atom stereocenters. The number of nitrogen functional groups attached to an aromatic ring is 2. The number of fused-ring (bicyclic) bond motifs is 1. The van der Waals surface area contributed by atoms with Crippen LogP contribution in [0.2, 0.25) is 0 Å². The second kappa shape index (κ2) is 10.9. The molecule has 9 heteroatoms. The van der Waals surface area contributed by atoms with Crippen molar-refractivity contribution in [2.24, 2.45) is 0 Å². The molecule has 1 aliphatic rings. The summed E-state index contributed by atoms with van der Waals surface area (Å²) in [5, 5.41) is 1.55. The Balaban J connectivity index is 1.55. The molecule has 3 heterocycles. The van der Waals surface area contributed by atoms with Gasteiger partial charge in [-0.15, -0.1) is 0 Å². The second-order valence-electron chi connectivity index (χ2n) is 9.74. The molecule has 0 aliphatic carbocycles. The van der Waals surface area contributed by atoms with Crippen LogP contribution >= 0.6 is 0 Å². The van der Waals surface area contributed by atoms with Crippen molar-refractivity contribution in [1.29, 1.82) is 0 Å². The van der Waals surface area contributed by atoms with Gasteiger partial charge in [0.2, 0.25) is 0 Å². The first-order valence-electron chi connectivity index (χ1n) is 13.3. The second-order valence-corrected chi connectivity index (χ2v) is 9.74. The van der Waals surface area contributed by atoms with Gasteiger partial charge in [-0.25, -0.2) is 14.4 Å². The van der Waals surface area contributed by atoms with E-state index in [4.69, 9.17) is 35.6 Å². The number of nitrogens with two attached hydrogens (primary N) is 2. The van der Waals surface area contributed by atoms with Gasteiger partial charge in [0.05, 0.1) is 37.1 Å². The van der Waals surface area contributed by atoms with Crippen LogP contribution in [-0.4, -0.2) is 40.9 Å². The first-order valence-corrected chi connectivity index (χ1v) is 13.3. The third-order valence-electron chi connectivity index (χ3n) is 6.99. The van der Waals surface area contributed by atoms with E-state index in [1.165, 1.54) is 0 Å². The highest BCUT2D eigenvalue weighted by atomic mass is 19.1. The minimum Gasteiger partial charge on any atom is -0.494 e. The third-order valence-corrected chi connectivity index (χ3v) is 6.99. The Kier molecular flexibility index (Phi) is 6.96. The Morgan fingerprint density at radius 2 is 1.93 bits per heavy atom. The van der Waals surface area contributed by atoms with Gasteiger partial charge in [-0.1, -0.05) is 30.3 Å². The molecule has 3 aromatic carbocycles. The highest BCUT2D eigenvalue weighted by Gasteiger charge is 2.30. The summed E-state index contributed by atoms with van der Waals surface area (Å²) in [6.45, 7) is 3.26. The Labute approximate surface area is 231 Å². The zero-order valence-corrected chi connectivity index (χ0v) is 22.1. The van der Waals surface area contributed by atoms with Crippen LogP contribution in [-0.2, 0) is 4.74 Å². The third kappa shape index (κ3) is 5.03. The fraction of sp³-hybridized carbons (Fsp3) is 0.226. The molecule has 40 heavy (non-hydrogen) atoms. The number of H-pyrrole nitrogens is 1. The molecule has 204 valence electrons. The largest absolute Gasteiger partial charge is 0.494 e. The molecule has 0 spiro atoms. The lowest BCUT2D eigenvalue weighted by Crippen LogP contribution is -2.18. The molecule has 0 amide bonds. The normalized spacial score (nSPS) is 15.8. The van der Waals surface area contributed by atoms with E-state index >= 15 is 4.39 Å². The Morgan fingerprint density at radius 3 is 2.70 bits per heavy atom. The van der Waals surface area contributed by atoms with Gasteiger partial charge in [-0.05, 0) is 42.6 Å². The predicted molar refractivity (Wildman–Crippen MR) is 153 cm³/mol. The molecule has 6 rings (SSSR count). The number of benzene rings is 3. The monoisotopic (exact) mass is 539 g/mol. The van der Waals surface area contributed by atoms with E-state index in [2.05, 4.69) is 4.98 Å². The average Bonchev–Trinajstić information content (AvgIpc) is 3.65. The highest BCUT2D eigenvalue weighted by molar-refractivity contribution is 5.93. The smallest absolute Gasteiger partial charge is 0.169 e. The van der Waals surface area contributed by atoms with Crippen LogP contribution in [0.15, 0.2) is 72.9 Å². The van der Waals surface area contributed by atoms with Gasteiger partial charge < -0.3 is 30.7 Å². The topological polar surface area (TPSA) is 121 Å². The number of hydrogen-bond acceptors (Lipinski definition) is 7. The van der Waals surface area contributed by atoms with Crippen molar-refractivity contribution in [3.63, 3.8) is 0 Å². The van der Waals surface area contributed by atoms with Gasteiger partial charge in [0.1, 0.15) is 23.5 Å². The molecule has 5 aromatic rings. The van der Waals surface area contributed by atoms with Crippen LogP contribution in [0, 0.1) is 5.82 Å². The van der Waals surface area contributed by atoms with Crippen LogP contribution in [0.4, 0.5) is 15.9 Å². The van der Waals surface area contributed by atoms with Crippen LogP contribution in [0.5, 0.6) is 11.5 Å². The summed E-state index contributed by atoms with van der Waals surface area (Å²) < 4.78 is 33.8. The number of imidazole rings is 1. The molecule has 0 radical (unpaired) electrons. The summed E-state index contributed by atoms with van der Waals surface area (Å²) >= 11 is 0. The van der Waals surface area contributed by atoms with Crippen LogP contribution in [0.25, 0.3) is 22.0 Å². The van der Waals surface area contributed by atoms with Gasteiger partial charge in [-0.3, -0.25) is 0 Å². The summed E-state index contributed by atoms with van der Waals surface area (Å²) in [6, 6.07) is 20.3. The van der Waals surface area contributed by atoms with E-state index < -0.39 is 11.7 Å². The fourth-order valence-electron chi connectivity index (χ4n) is 5.08. The van der Waals surface area contributed by atoms with Crippen molar-refractivity contribution in [3.8, 4) is 22.8 Å². The Morgan fingerprint density at radius 1 is 1.07 bits per heavy atom. The summed E-state index contributed by atoms with van der Waals surface area (Å²) in [7, 11) is 0. The molecule has 0 saturated carbocycles. The maximum atomic E-state index is 16.4. The van der Waals surface area contributed by atoms with Crippen LogP contribution in [0.3, 0.4) is 0 Å². The standard InChI is InChI=1S/C31H30FN5O3/c1-2-39-22-14-24(29(32)27(15-22)40-21-10-11-38-17-21)28(31-35-16-26(37-31)18-6-4-3-5-7-18)25-13-19-12-20(33)8-9-23(19)30(34)36-25/h3-9,12-16,21,28H,2,10-11,17,33H2,1H3,(H2,34,36)(H,35,37)/t21-,28?/m0/s1. The van der Waals surface area contributed by atoms with E-state index in [-0.39, 0.29) is 11.9 Å². The van der Waals surface area contributed by atoms with Crippen molar-refractivity contribution in [3.05, 3.63) is 95.8 Å². The minimum absolute atomic E-state index is 0.0919. The van der Waals surface area contributed by atoms with Gasteiger partial charge in [0.15, 0.2) is 11.6 Å². The van der Waals surface area contributed by atoms with Gasteiger partial charge in [0, 0.05) is 40.9 Å². The summed E-state index contributed by atoms with van der Waals surface area (Å²) in [6.07, 6.45) is 2.24. The zero-order valence-electron chi connectivity index (χ0n) is 22.1. The van der Waals surface area contributed by atoms with E-state index in [0.717, 1.165) is 22.0 Å². The molecule has 8 nitrogen and oxygen atoms in total. The molecule has 0 bridgehead atoms. The van der Waals surface area contributed by atoms with Crippen LogP contribution < -0.4 is 20.9 Å². The molecule has 2 aromatic heterocycles. The number of hydrogen-bond donors (Lipinski definition) is 3. The number of pyridine rings is 1. The van der Waals surface area contributed by atoms with Gasteiger partial charge >= 0.3 is 0 Å². The SMILES string of the molecule is CCOc1cc(O[C@H]2CCOC2)c(F)c(C(c2cc3cc(N)ccc3c(N)n2)c2nc(-c3ccccc3)c[nH]2)c1. The van der Waals surface area contributed by atoms with Gasteiger partial charge in [-0.2, -0.15) is 0 Å². The number of aromatic amines is 1. The number of nitrogens with one attached hydrogen (secondary N) is 1. The first-order chi connectivity index (χ1) is 19.5. The summed E-state index contributed by atoms with van der Waals surface area (Å²) in [5.74, 6) is 0.101. The van der Waals surface area contributed by atoms with Crippen molar-refractivity contribution >= 4 is 22.3 Å². The lowest BCUT2D eigenvalue weighted by atomic mass is 9.92. The Bertz CT molecular complexity index is 1650. The zero-order chi connectivity index (χ0) is 27.6. The van der Waals surface area contributed by atoms with Crippen LogP contribution in [0.1, 0.15) is 36.3 Å². The molecule has 1 fully saturated rings. The van der Waals surface area contributed by atoms with Crippen molar-refractivity contribution in [2.75, 3.05) is 31.3 Å². The lowest BCUT2D eigenvalue weighted by molar-refractivity contribution is 0.137. The maximum Gasteiger partial charge on any atom is 0.169 e. The molecule has 1 aliphatic heterocycles. The predicted octanol–water partition coefficient (Wildman–Crippen LogP) is 5.68. The number of aromatic nitrogens is 3. The molecular formula is C31H30FN5O3.